The molecule has 0 fully saturated rings. The molecule has 1 N–H and O–H groups in total. The fraction of sp³-hybridized carbons (Fsp3) is 0.167. The van der Waals surface area contributed by atoms with Crippen molar-refractivity contribution < 1.29 is 9.53 Å². The lowest BCUT2D eigenvalue weighted by molar-refractivity contribution is 0.102. The van der Waals surface area contributed by atoms with Crippen molar-refractivity contribution in [3.05, 3.63) is 89.9 Å². The van der Waals surface area contributed by atoms with Crippen LogP contribution in [-0.4, -0.2) is 26.9 Å². The van der Waals surface area contributed by atoms with Crippen molar-refractivity contribution in [3.63, 3.8) is 0 Å². The van der Waals surface area contributed by atoms with Crippen molar-refractivity contribution in [3.8, 4) is 17.3 Å². The first-order valence-electron chi connectivity index (χ1n) is 9.91. The summed E-state index contributed by atoms with van der Waals surface area (Å²) in [7, 11) is 0. The van der Waals surface area contributed by atoms with Gasteiger partial charge in [0.2, 0.25) is 0 Å². The Bertz CT molecular complexity index is 1160. The number of carbonyl (C=O) groups is 1. The van der Waals surface area contributed by atoms with E-state index in [4.69, 9.17) is 9.84 Å². The van der Waals surface area contributed by atoms with Gasteiger partial charge in [-0.05, 0) is 74.9 Å². The first kappa shape index (κ1) is 19.5. The molecule has 2 aromatic carbocycles. The highest BCUT2D eigenvalue weighted by Crippen LogP contribution is 2.25. The van der Waals surface area contributed by atoms with Crippen LogP contribution in [0.15, 0.2) is 73.1 Å². The van der Waals surface area contributed by atoms with Crippen LogP contribution in [0.5, 0.6) is 5.75 Å². The minimum absolute atomic E-state index is 0.209. The van der Waals surface area contributed by atoms with Gasteiger partial charge in [0, 0.05) is 18.1 Å². The van der Waals surface area contributed by atoms with Crippen molar-refractivity contribution in [2.75, 3.05) is 11.9 Å². The number of aromatic nitrogens is 3. The van der Waals surface area contributed by atoms with E-state index in [1.165, 1.54) is 0 Å². The second-order valence-corrected chi connectivity index (χ2v) is 7.04. The molecular formula is C24H24N4O2. The third kappa shape index (κ3) is 3.85. The van der Waals surface area contributed by atoms with Gasteiger partial charge in [-0.25, -0.2) is 4.68 Å². The number of rotatable bonds is 6. The molecule has 152 valence electrons. The molecule has 6 heteroatoms. The number of amides is 1. The number of carbonyl (C=O) groups excluding carboxylic acids is 1. The summed E-state index contributed by atoms with van der Waals surface area (Å²) >= 11 is 0. The quantitative estimate of drug-likeness (QED) is 0.499. The topological polar surface area (TPSA) is 61.1 Å². The molecule has 2 heterocycles. The maximum Gasteiger partial charge on any atom is 0.261 e. The van der Waals surface area contributed by atoms with E-state index in [0.29, 0.717) is 29.4 Å². The number of anilines is 1. The van der Waals surface area contributed by atoms with Crippen molar-refractivity contribution in [2.24, 2.45) is 0 Å². The Kier molecular flexibility index (Phi) is 5.39. The lowest BCUT2D eigenvalue weighted by Crippen LogP contribution is -2.16. The van der Waals surface area contributed by atoms with E-state index >= 15 is 0 Å². The Morgan fingerprint density at radius 2 is 1.77 bits per heavy atom. The molecule has 6 nitrogen and oxygen atoms in total. The highest BCUT2D eigenvalue weighted by atomic mass is 16.5. The first-order chi connectivity index (χ1) is 14.6. The molecule has 0 bridgehead atoms. The van der Waals surface area contributed by atoms with Gasteiger partial charge in [0.1, 0.15) is 11.3 Å². The fourth-order valence-electron chi connectivity index (χ4n) is 3.43. The summed E-state index contributed by atoms with van der Waals surface area (Å²) in [5.41, 5.74) is 3.91. The zero-order chi connectivity index (χ0) is 21.1. The summed E-state index contributed by atoms with van der Waals surface area (Å²) in [6.45, 7) is 6.43. The van der Waals surface area contributed by atoms with Crippen LogP contribution in [0.2, 0.25) is 0 Å². The summed E-state index contributed by atoms with van der Waals surface area (Å²) in [6, 6.07) is 19.3. The Hall–Kier alpha value is -3.80. The van der Waals surface area contributed by atoms with Crippen molar-refractivity contribution in [1.29, 1.82) is 0 Å². The average Bonchev–Trinajstić information content (AvgIpc) is 3.37. The van der Waals surface area contributed by atoms with Crippen LogP contribution in [0.4, 0.5) is 5.69 Å². The number of nitrogens with one attached hydrogen (secondary N) is 1. The van der Waals surface area contributed by atoms with E-state index in [2.05, 4.69) is 5.32 Å². The summed E-state index contributed by atoms with van der Waals surface area (Å²) in [5.74, 6) is 1.26. The third-order valence-corrected chi connectivity index (χ3v) is 4.78. The number of benzene rings is 2. The van der Waals surface area contributed by atoms with Crippen LogP contribution in [-0.2, 0) is 0 Å². The van der Waals surface area contributed by atoms with Gasteiger partial charge in [-0.3, -0.25) is 4.79 Å². The smallest absolute Gasteiger partial charge is 0.261 e. The number of nitrogens with zero attached hydrogens (tertiary/aromatic N) is 3. The Balaban J connectivity index is 1.75. The Morgan fingerprint density at radius 3 is 2.43 bits per heavy atom. The van der Waals surface area contributed by atoms with Crippen LogP contribution in [0.3, 0.4) is 0 Å². The van der Waals surface area contributed by atoms with E-state index in [1.807, 2.05) is 103 Å². The Labute approximate surface area is 175 Å². The summed E-state index contributed by atoms with van der Waals surface area (Å²) in [4.78, 5) is 13.3. The van der Waals surface area contributed by atoms with Gasteiger partial charge in [0.05, 0.1) is 18.0 Å². The van der Waals surface area contributed by atoms with E-state index in [9.17, 15) is 4.79 Å². The standard InChI is InChI=1S/C24H24N4O2/c1-4-30-21-12-10-19(11-13-21)25-23(29)22-18(3)26-28(20-9-7-8-17(2)16-20)24(22)27-14-5-6-15-27/h5-16H,4H2,1-3H3,(H,25,29). The molecule has 2 aromatic heterocycles. The molecule has 0 aliphatic carbocycles. The number of aryl methyl sites for hydroxylation is 2. The van der Waals surface area contributed by atoms with Crippen molar-refractivity contribution >= 4 is 11.6 Å². The molecule has 0 saturated heterocycles. The lowest BCUT2D eigenvalue weighted by atomic mass is 10.2. The molecule has 0 radical (unpaired) electrons. The van der Waals surface area contributed by atoms with Crippen LogP contribution < -0.4 is 10.1 Å². The molecule has 0 aliphatic heterocycles. The first-order valence-corrected chi connectivity index (χ1v) is 9.91. The zero-order valence-electron chi connectivity index (χ0n) is 17.3. The predicted molar refractivity (Wildman–Crippen MR) is 118 cm³/mol. The van der Waals surface area contributed by atoms with Crippen LogP contribution in [0.1, 0.15) is 28.5 Å². The zero-order valence-corrected chi connectivity index (χ0v) is 17.3. The molecular weight excluding hydrogens is 376 g/mol. The van der Waals surface area contributed by atoms with Gasteiger partial charge in [0.15, 0.2) is 5.82 Å². The van der Waals surface area contributed by atoms with Crippen LogP contribution in [0, 0.1) is 13.8 Å². The van der Waals surface area contributed by atoms with Crippen molar-refractivity contribution in [2.45, 2.75) is 20.8 Å². The molecule has 1 amide bonds. The van der Waals surface area contributed by atoms with E-state index < -0.39 is 0 Å². The largest absolute Gasteiger partial charge is 0.494 e. The van der Waals surface area contributed by atoms with Gasteiger partial charge in [-0.1, -0.05) is 12.1 Å². The molecule has 4 aromatic rings. The summed E-state index contributed by atoms with van der Waals surface area (Å²) in [5, 5.41) is 7.68. The number of hydrogen-bond acceptors (Lipinski definition) is 3. The second-order valence-electron chi connectivity index (χ2n) is 7.04. The van der Waals surface area contributed by atoms with Gasteiger partial charge in [-0.2, -0.15) is 5.10 Å². The molecule has 30 heavy (non-hydrogen) atoms. The maximum absolute atomic E-state index is 13.3. The van der Waals surface area contributed by atoms with Gasteiger partial charge in [-0.15, -0.1) is 0 Å². The van der Waals surface area contributed by atoms with Gasteiger partial charge >= 0.3 is 0 Å². The minimum atomic E-state index is -0.209. The summed E-state index contributed by atoms with van der Waals surface area (Å²) in [6.07, 6.45) is 3.83. The SMILES string of the molecule is CCOc1ccc(NC(=O)c2c(C)nn(-c3cccc(C)c3)c2-n2cccc2)cc1. The average molecular weight is 400 g/mol. The highest BCUT2D eigenvalue weighted by Gasteiger charge is 2.24. The maximum atomic E-state index is 13.3. The summed E-state index contributed by atoms with van der Waals surface area (Å²) < 4.78 is 9.20. The normalized spacial score (nSPS) is 10.8. The van der Waals surface area contributed by atoms with Crippen LogP contribution in [0.25, 0.3) is 11.5 Å². The minimum Gasteiger partial charge on any atom is -0.494 e. The molecule has 0 aliphatic rings. The Morgan fingerprint density at radius 1 is 1.03 bits per heavy atom. The van der Waals surface area contributed by atoms with E-state index in [0.717, 1.165) is 17.0 Å². The van der Waals surface area contributed by atoms with Crippen LogP contribution >= 0.6 is 0 Å². The molecule has 0 saturated carbocycles. The van der Waals surface area contributed by atoms with E-state index in [-0.39, 0.29) is 5.91 Å². The lowest BCUT2D eigenvalue weighted by Gasteiger charge is -2.12. The monoisotopic (exact) mass is 400 g/mol. The number of ether oxygens (including phenoxy) is 1. The van der Waals surface area contributed by atoms with Gasteiger partial charge < -0.3 is 14.6 Å². The highest BCUT2D eigenvalue weighted by molar-refractivity contribution is 6.07. The second kappa shape index (κ2) is 8.29. The van der Waals surface area contributed by atoms with E-state index in [1.54, 1.807) is 0 Å². The number of hydrogen-bond donors (Lipinski definition) is 1. The third-order valence-electron chi connectivity index (χ3n) is 4.78. The molecule has 4 rings (SSSR count). The predicted octanol–water partition coefficient (Wildman–Crippen LogP) is 4.93. The van der Waals surface area contributed by atoms with Gasteiger partial charge in [0.25, 0.3) is 5.91 Å². The molecule has 0 spiro atoms. The molecule has 0 atom stereocenters. The van der Waals surface area contributed by atoms with Crippen molar-refractivity contribution in [1.82, 2.24) is 14.3 Å². The molecule has 0 unspecified atom stereocenters. The fourth-order valence-corrected chi connectivity index (χ4v) is 3.43.